The molecule has 5 aliphatic rings. The summed E-state index contributed by atoms with van der Waals surface area (Å²) in [5.41, 5.74) is 0.251. The Kier molecular flexibility index (Phi) is 5.04. The smallest absolute Gasteiger partial charge is 0.309 e. The number of carbonyl (C=O) groups is 2. The molecule has 0 saturated heterocycles. The number of hydrogen-bond donors (Lipinski definition) is 2. The average Bonchev–Trinajstić information content (AvgIpc) is 2.73. The molecule has 34 heavy (non-hydrogen) atoms. The van der Waals surface area contributed by atoms with Crippen LogP contribution < -0.4 is 0 Å². The minimum absolute atomic E-state index is 0.00862. The molecular formula is C30H46O4. The molecule has 0 amide bonds. The third-order valence-corrected chi connectivity index (χ3v) is 13.1. The summed E-state index contributed by atoms with van der Waals surface area (Å²) in [7, 11) is 0. The quantitative estimate of drug-likeness (QED) is 0.434. The van der Waals surface area contributed by atoms with Crippen molar-refractivity contribution in [3.05, 3.63) is 11.6 Å². The van der Waals surface area contributed by atoms with E-state index in [1.807, 2.05) is 0 Å². The lowest BCUT2D eigenvalue weighted by Gasteiger charge is -2.71. The van der Waals surface area contributed by atoms with Gasteiger partial charge in [-0.1, -0.05) is 53.2 Å². The molecule has 5 rings (SSSR count). The molecule has 0 aromatic rings. The predicted molar refractivity (Wildman–Crippen MR) is 133 cm³/mol. The molecule has 5 aliphatic carbocycles. The van der Waals surface area contributed by atoms with Gasteiger partial charge in [0.25, 0.3) is 0 Å². The van der Waals surface area contributed by atoms with Gasteiger partial charge in [0, 0.05) is 11.8 Å². The maximum Gasteiger partial charge on any atom is 0.309 e. The van der Waals surface area contributed by atoms with Crippen LogP contribution in [0.5, 0.6) is 0 Å². The normalized spacial score (nSPS) is 54.1. The molecule has 4 saturated carbocycles. The van der Waals surface area contributed by atoms with Gasteiger partial charge in [-0.05, 0) is 97.7 Å². The third kappa shape index (κ3) is 2.75. The number of hydrogen-bond acceptors (Lipinski definition) is 3. The van der Waals surface area contributed by atoms with Gasteiger partial charge in [-0.25, -0.2) is 0 Å². The number of aliphatic carboxylic acids is 1. The van der Waals surface area contributed by atoms with Crippen molar-refractivity contribution in [1.29, 1.82) is 0 Å². The van der Waals surface area contributed by atoms with E-state index < -0.39 is 16.8 Å². The molecule has 4 heteroatoms. The fraction of sp³-hybridized carbons (Fsp3) is 0.867. The van der Waals surface area contributed by atoms with Crippen LogP contribution in [0, 0.1) is 50.2 Å². The Morgan fingerprint density at radius 1 is 0.941 bits per heavy atom. The number of Topliss-reactive ketones (excluding diaryl/α,β-unsaturated/α-hetero) is 1. The monoisotopic (exact) mass is 470 g/mol. The molecule has 0 radical (unpaired) electrons. The molecule has 0 bridgehead atoms. The summed E-state index contributed by atoms with van der Waals surface area (Å²) in [4.78, 5) is 25.7. The van der Waals surface area contributed by atoms with Crippen molar-refractivity contribution in [2.45, 2.75) is 112 Å². The van der Waals surface area contributed by atoms with Gasteiger partial charge in [0.2, 0.25) is 0 Å². The minimum Gasteiger partial charge on any atom is -0.481 e. The van der Waals surface area contributed by atoms with Gasteiger partial charge in [0.1, 0.15) is 5.78 Å². The van der Waals surface area contributed by atoms with Crippen molar-refractivity contribution in [3.63, 3.8) is 0 Å². The first kappa shape index (κ1) is 24.5. The average molecular weight is 471 g/mol. The second kappa shape index (κ2) is 6.99. The van der Waals surface area contributed by atoms with E-state index in [2.05, 4.69) is 47.6 Å². The zero-order chi connectivity index (χ0) is 25.1. The summed E-state index contributed by atoms with van der Waals surface area (Å²) < 4.78 is 0. The van der Waals surface area contributed by atoms with E-state index in [4.69, 9.17) is 0 Å². The molecule has 4 nitrogen and oxygen atoms in total. The van der Waals surface area contributed by atoms with Gasteiger partial charge < -0.3 is 10.2 Å². The number of carbonyl (C=O) groups excluding carboxylic acids is 1. The molecule has 4 fully saturated rings. The van der Waals surface area contributed by atoms with Gasteiger partial charge in [-0.15, -0.1) is 0 Å². The molecule has 0 heterocycles. The Morgan fingerprint density at radius 2 is 1.62 bits per heavy atom. The van der Waals surface area contributed by atoms with Crippen molar-refractivity contribution in [2.75, 3.05) is 0 Å². The maximum atomic E-state index is 13.4. The first-order valence-corrected chi connectivity index (χ1v) is 13.7. The number of aliphatic hydroxyl groups is 1. The predicted octanol–water partition coefficient (Wildman–Crippen LogP) is 6.41. The van der Waals surface area contributed by atoms with E-state index in [-0.39, 0.29) is 45.9 Å². The van der Waals surface area contributed by atoms with Crippen molar-refractivity contribution < 1.29 is 19.8 Å². The second-order valence-corrected chi connectivity index (χ2v) is 14.8. The van der Waals surface area contributed by atoms with Crippen LogP contribution in [0.1, 0.15) is 106 Å². The Labute approximate surface area is 206 Å². The number of ketones is 1. The topological polar surface area (TPSA) is 74.6 Å². The molecule has 2 N–H and O–H groups in total. The Hall–Kier alpha value is -1.16. The van der Waals surface area contributed by atoms with Crippen LogP contribution in [0.3, 0.4) is 0 Å². The van der Waals surface area contributed by atoms with E-state index in [9.17, 15) is 19.8 Å². The van der Waals surface area contributed by atoms with Crippen LogP contribution in [-0.4, -0.2) is 28.1 Å². The van der Waals surface area contributed by atoms with Crippen LogP contribution >= 0.6 is 0 Å². The molecular weight excluding hydrogens is 424 g/mol. The molecule has 190 valence electrons. The van der Waals surface area contributed by atoms with Crippen LogP contribution in [-0.2, 0) is 9.59 Å². The summed E-state index contributed by atoms with van der Waals surface area (Å²) in [6.45, 7) is 15.9. The first-order valence-electron chi connectivity index (χ1n) is 13.7. The number of fused-ring (bicyclic) bond motifs is 7. The largest absolute Gasteiger partial charge is 0.481 e. The van der Waals surface area contributed by atoms with E-state index in [0.717, 1.165) is 44.9 Å². The van der Waals surface area contributed by atoms with Crippen LogP contribution in [0.2, 0.25) is 0 Å². The van der Waals surface area contributed by atoms with Crippen LogP contribution in [0.4, 0.5) is 0 Å². The highest BCUT2D eigenvalue weighted by molar-refractivity contribution is 5.92. The molecule has 0 aliphatic heterocycles. The molecule has 9 atom stereocenters. The molecule has 0 aromatic heterocycles. The number of rotatable bonds is 1. The van der Waals surface area contributed by atoms with Crippen molar-refractivity contribution in [1.82, 2.24) is 0 Å². The highest BCUT2D eigenvalue weighted by atomic mass is 16.4. The van der Waals surface area contributed by atoms with E-state index in [1.54, 1.807) is 6.92 Å². The number of carboxylic acids is 1. The number of allylic oxidation sites excluding steroid dienone is 2. The van der Waals surface area contributed by atoms with Crippen molar-refractivity contribution in [3.8, 4) is 0 Å². The highest BCUT2D eigenvalue weighted by Crippen LogP contribution is 2.75. The highest BCUT2D eigenvalue weighted by Gasteiger charge is 2.69. The molecule has 0 spiro atoms. The fourth-order valence-electron chi connectivity index (χ4n) is 10.4. The fourth-order valence-corrected chi connectivity index (χ4v) is 10.4. The Balaban J connectivity index is 1.59. The zero-order valence-electron chi connectivity index (χ0n) is 22.5. The first-order chi connectivity index (χ1) is 15.6. The number of carboxylic acid groups (broad SMARTS) is 1. The van der Waals surface area contributed by atoms with Gasteiger partial charge in [-0.3, -0.25) is 9.59 Å². The summed E-state index contributed by atoms with van der Waals surface area (Å²) in [5, 5.41) is 20.9. The van der Waals surface area contributed by atoms with E-state index in [0.29, 0.717) is 18.3 Å². The standard InChI is InChI=1S/C30H46O4/c1-25(2)20-10-13-30(7)21(28(20,5)12-11-22(25)31)9-8-18-19-16-26(3,24(33)34)17-23(32)27(19,4)14-15-29(18,30)6/h8,19-22,31H,9-17H2,1-7H3,(H,33,34). The molecule has 9 unspecified atom stereocenters. The Morgan fingerprint density at radius 3 is 2.26 bits per heavy atom. The summed E-state index contributed by atoms with van der Waals surface area (Å²) in [6.07, 6.45) is 10.1. The van der Waals surface area contributed by atoms with Gasteiger partial charge in [0.05, 0.1) is 11.5 Å². The summed E-state index contributed by atoms with van der Waals surface area (Å²) in [5.74, 6) is 0.422. The third-order valence-electron chi connectivity index (χ3n) is 13.1. The van der Waals surface area contributed by atoms with Gasteiger partial charge in [0.15, 0.2) is 0 Å². The van der Waals surface area contributed by atoms with Gasteiger partial charge in [-0.2, -0.15) is 0 Å². The Bertz CT molecular complexity index is 965. The van der Waals surface area contributed by atoms with E-state index in [1.165, 1.54) is 5.57 Å². The molecule has 0 aromatic carbocycles. The number of aliphatic hydroxyl groups excluding tert-OH is 1. The SMILES string of the molecule is CC1(C(=O)O)CC(=O)C2(C)CCC3(C)C(=CCC4C5(C)CCC(O)C(C)(C)C5CCC43C)C2C1. The van der Waals surface area contributed by atoms with Crippen molar-refractivity contribution in [2.24, 2.45) is 50.2 Å². The van der Waals surface area contributed by atoms with Crippen molar-refractivity contribution >= 4 is 11.8 Å². The lowest BCUT2D eigenvalue weighted by Crippen LogP contribution is -2.65. The zero-order valence-corrected chi connectivity index (χ0v) is 22.5. The minimum atomic E-state index is -0.967. The lowest BCUT2D eigenvalue weighted by atomic mass is 9.33. The second-order valence-electron chi connectivity index (χ2n) is 14.8. The van der Waals surface area contributed by atoms with Gasteiger partial charge >= 0.3 is 5.97 Å². The maximum absolute atomic E-state index is 13.4. The van der Waals surface area contributed by atoms with Crippen LogP contribution in [0.25, 0.3) is 0 Å². The van der Waals surface area contributed by atoms with Crippen LogP contribution in [0.15, 0.2) is 11.6 Å². The summed E-state index contributed by atoms with van der Waals surface area (Å²) in [6, 6.07) is 0. The van der Waals surface area contributed by atoms with E-state index >= 15 is 0 Å². The summed E-state index contributed by atoms with van der Waals surface area (Å²) >= 11 is 0. The lowest BCUT2D eigenvalue weighted by molar-refractivity contribution is -0.203.